The first-order chi connectivity index (χ1) is 6.10. The van der Waals surface area contributed by atoms with E-state index in [4.69, 9.17) is 11.0 Å². The Kier molecular flexibility index (Phi) is 2.69. The summed E-state index contributed by atoms with van der Waals surface area (Å²) in [7, 11) is 0. The van der Waals surface area contributed by atoms with E-state index < -0.39 is 5.54 Å². The van der Waals surface area contributed by atoms with Gasteiger partial charge in [0.15, 0.2) is 0 Å². The molecule has 1 aromatic carbocycles. The van der Waals surface area contributed by atoms with Crippen molar-refractivity contribution in [1.29, 1.82) is 5.26 Å². The van der Waals surface area contributed by atoms with Crippen LogP contribution >= 0.6 is 0 Å². The van der Waals surface area contributed by atoms with E-state index in [-0.39, 0.29) is 0 Å². The van der Waals surface area contributed by atoms with Crippen molar-refractivity contribution in [3.8, 4) is 6.07 Å². The molecule has 1 rings (SSSR count). The fourth-order valence-corrected chi connectivity index (χ4v) is 1.15. The Bertz CT molecular complexity index is 317. The van der Waals surface area contributed by atoms with E-state index >= 15 is 0 Å². The van der Waals surface area contributed by atoms with Crippen LogP contribution < -0.4 is 5.73 Å². The molecule has 0 fully saturated rings. The number of nitrogens with zero attached hydrogens (tertiary/aromatic N) is 1. The highest BCUT2D eigenvalue weighted by molar-refractivity contribution is 5.32. The fraction of sp³-hybridized carbons (Fsp3) is 0.364. The van der Waals surface area contributed by atoms with Crippen LogP contribution in [0.25, 0.3) is 0 Å². The van der Waals surface area contributed by atoms with Crippen LogP contribution in [-0.4, -0.2) is 0 Å². The molecule has 0 radical (unpaired) electrons. The molecule has 0 heterocycles. The average Bonchev–Trinajstić information content (AvgIpc) is 2.18. The van der Waals surface area contributed by atoms with Crippen molar-refractivity contribution in [1.82, 2.24) is 0 Å². The van der Waals surface area contributed by atoms with Gasteiger partial charge in [0.25, 0.3) is 0 Å². The van der Waals surface area contributed by atoms with Gasteiger partial charge in [-0.3, -0.25) is 0 Å². The molecular weight excluding hydrogens is 160 g/mol. The maximum Gasteiger partial charge on any atom is 0.126 e. The minimum atomic E-state index is -0.869. The summed E-state index contributed by atoms with van der Waals surface area (Å²) in [5.74, 6) is 0. The maximum atomic E-state index is 8.80. The first-order valence-corrected chi connectivity index (χ1v) is 4.39. The number of hydrogen-bond donors (Lipinski definition) is 1. The lowest BCUT2D eigenvalue weighted by Gasteiger charge is -2.15. The number of benzene rings is 1. The van der Waals surface area contributed by atoms with Crippen LogP contribution in [0.2, 0.25) is 0 Å². The van der Waals surface area contributed by atoms with Crippen molar-refractivity contribution in [3.63, 3.8) is 0 Å². The third kappa shape index (κ3) is 2.07. The monoisotopic (exact) mass is 174 g/mol. The molecule has 0 saturated heterocycles. The SMILES string of the molecule is CCc1ccc(C(C)(N)C#N)cc1. The first-order valence-electron chi connectivity index (χ1n) is 4.39. The fourth-order valence-electron chi connectivity index (χ4n) is 1.15. The van der Waals surface area contributed by atoms with Crippen LogP contribution in [0.4, 0.5) is 0 Å². The predicted molar refractivity (Wildman–Crippen MR) is 53.0 cm³/mol. The van der Waals surface area contributed by atoms with Gasteiger partial charge in [-0.2, -0.15) is 5.26 Å². The second kappa shape index (κ2) is 3.59. The summed E-state index contributed by atoms with van der Waals surface area (Å²) in [4.78, 5) is 0. The van der Waals surface area contributed by atoms with Gasteiger partial charge in [0, 0.05) is 0 Å². The first kappa shape index (κ1) is 9.76. The number of nitrogens with two attached hydrogens (primary N) is 1. The molecule has 0 aliphatic heterocycles. The van der Waals surface area contributed by atoms with Crippen molar-refractivity contribution in [2.75, 3.05) is 0 Å². The zero-order valence-corrected chi connectivity index (χ0v) is 8.04. The van der Waals surface area contributed by atoms with Gasteiger partial charge in [0.2, 0.25) is 0 Å². The molecule has 1 atom stereocenters. The minimum Gasteiger partial charge on any atom is -0.310 e. The molecule has 0 bridgehead atoms. The number of nitriles is 1. The van der Waals surface area contributed by atoms with Gasteiger partial charge in [0.1, 0.15) is 5.54 Å². The zero-order valence-electron chi connectivity index (χ0n) is 8.04. The van der Waals surface area contributed by atoms with Gasteiger partial charge in [-0.05, 0) is 24.5 Å². The highest BCUT2D eigenvalue weighted by Crippen LogP contribution is 2.17. The lowest BCUT2D eigenvalue weighted by Crippen LogP contribution is -2.30. The number of rotatable bonds is 2. The Balaban J connectivity index is 3.00. The van der Waals surface area contributed by atoms with E-state index in [9.17, 15) is 0 Å². The normalized spacial score (nSPS) is 14.6. The van der Waals surface area contributed by atoms with Gasteiger partial charge in [0.05, 0.1) is 6.07 Å². The van der Waals surface area contributed by atoms with E-state index in [1.54, 1.807) is 6.92 Å². The van der Waals surface area contributed by atoms with Crippen molar-refractivity contribution < 1.29 is 0 Å². The third-order valence-electron chi connectivity index (χ3n) is 2.19. The predicted octanol–water partition coefficient (Wildman–Crippen LogP) is 1.95. The highest BCUT2D eigenvalue weighted by Gasteiger charge is 2.19. The Morgan fingerprint density at radius 2 is 1.92 bits per heavy atom. The molecule has 2 nitrogen and oxygen atoms in total. The molecule has 0 spiro atoms. The number of hydrogen-bond acceptors (Lipinski definition) is 2. The zero-order chi connectivity index (χ0) is 9.90. The van der Waals surface area contributed by atoms with Crippen LogP contribution in [0.5, 0.6) is 0 Å². The van der Waals surface area contributed by atoms with Crippen molar-refractivity contribution in [3.05, 3.63) is 35.4 Å². The highest BCUT2D eigenvalue weighted by atomic mass is 14.7. The van der Waals surface area contributed by atoms with Gasteiger partial charge in [-0.25, -0.2) is 0 Å². The smallest absolute Gasteiger partial charge is 0.126 e. The number of aryl methyl sites for hydroxylation is 1. The largest absolute Gasteiger partial charge is 0.310 e. The Hall–Kier alpha value is -1.33. The summed E-state index contributed by atoms with van der Waals surface area (Å²) in [6.45, 7) is 3.81. The van der Waals surface area contributed by atoms with Gasteiger partial charge < -0.3 is 5.73 Å². The van der Waals surface area contributed by atoms with Crippen molar-refractivity contribution in [2.45, 2.75) is 25.8 Å². The third-order valence-corrected chi connectivity index (χ3v) is 2.19. The molecule has 0 aliphatic carbocycles. The summed E-state index contributed by atoms with van der Waals surface area (Å²) < 4.78 is 0. The second-order valence-electron chi connectivity index (χ2n) is 3.36. The summed E-state index contributed by atoms with van der Waals surface area (Å²) in [6, 6.07) is 9.93. The van der Waals surface area contributed by atoms with Gasteiger partial charge in [-0.15, -0.1) is 0 Å². The summed E-state index contributed by atoms with van der Waals surface area (Å²) in [5, 5.41) is 8.80. The summed E-state index contributed by atoms with van der Waals surface area (Å²) in [6.07, 6.45) is 1.01. The molecule has 2 N–H and O–H groups in total. The summed E-state index contributed by atoms with van der Waals surface area (Å²) >= 11 is 0. The lowest BCUT2D eigenvalue weighted by molar-refractivity contribution is 0.646. The van der Waals surface area contributed by atoms with E-state index in [2.05, 4.69) is 13.0 Å². The Labute approximate surface area is 79.0 Å². The van der Waals surface area contributed by atoms with Crippen LogP contribution in [0.3, 0.4) is 0 Å². The topological polar surface area (TPSA) is 49.8 Å². The maximum absolute atomic E-state index is 8.80. The quantitative estimate of drug-likeness (QED) is 0.745. The van der Waals surface area contributed by atoms with Crippen molar-refractivity contribution in [2.24, 2.45) is 5.73 Å². The van der Waals surface area contributed by atoms with Gasteiger partial charge in [-0.1, -0.05) is 31.2 Å². The molecule has 0 aromatic heterocycles. The van der Waals surface area contributed by atoms with Crippen LogP contribution in [0.15, 0.2) is 24.3 Å². The second-order valence-corrected chi connectivity index (χ2v) is 3.36. The molecule has 1 unspecified atom stereocenters. The Morgan fingerprint density at radius 1 is 1.38 bits per heavy atom. The standard InChI is InChI=1S/C11H14N2/c1-3-9-4-6-10(7-5-9)11(2,13)8-12/h4-7H,3,13H2,1-2H3. The van der Waals surface area contributed by atoms with Gasteiger partial charge >= 0.3 is 0 Å². The molecule has 0 amide bonds. The van der Waals surface area contributed by atoms with E-state index in [1.807, 2.05) is 24.3 Å². The molecule has 0 saturated carbocycles. The lowest BCUT2D eigenvalue weighted by atomic mass is 9.94. The molecule has 68 valence electrons. The van der Waals surface area contributed by atoms with E-state index in [0.29, 0.717) is 0 Å². The molecule has 2 heteroatoms. The van der Waals surface area contributed by atoms with E-state index in [0.717, 1.165) is 12.0 Å². The minimum absolute atomic E-state index is 0.868. The summed E-state index contributed by atoms with van der Waals surface area (Å²) in [5.41, 5.74) is 7.03. The van der Waals surface area contributed by atoms with Crippen LogP contribution in [0.1, 0.15) is 25.0 Å². The van der Waals surface area contributed by atoms with E-state index in [1.165, 1.54) is 5.56 Å². The van der Waals surface area contributed by atoms with Crippen LogP contribution in [-0.2, 0) is 12.0 Å². The molecule has 1 aromatic rings. The molecular formula is C11H14N2. The van der Waals surface area contributed by atoms with Crippen LogP contribution in [0, 0.1) is 11.3 Å². The Morgan fingerprint density at radius 3 is 2.31 bits per heavy atom. The molecule has 0 aliphatic rings. The average molecular weight is 174 g/mol. The van der Waals surface area contributed by atoms with Crippen molar-refractivity contribution >= 4 is 0 Å². The molecule has 13 heavy (non-hydrogen) atoms.